The molecule has 2 rings (SSSR count). The van der Waals surface area contributed by atoms with Crippen LogP contribution in [0.2, 0.25) is 0 Å². The molecule has 1 aromatic carbocycles. The number of hydrogen-bond donors (Lipinski definition) is 2. The first kappa shape index (κ1) is 17.7. The van der Waals surface area contributed by atoms with Gasteiger partial charge in [-0.1, -0.05) is 44.2 Å². The Morgan fingerprint density at radius 2 is 1.83 bits per heavy atom. The molecule has 0 saturated heterocycles. The summed E-state index contributed by atoms with van der Waals surface area (Å²) in [5, 5.41) is 12.4. The van der Waals surface area contributed by atoms with Crippen LogP contribution < -0.4 is 10.2 Å². The third kappa shape index (κ3) is 4.65. The topological polar surface area (TPSA) is 91.2 Å². The predicted molar refractivity (Wildman–Crippen MR) is 93.4 cm³/mol. The van der Waals surface area contributed by atoms with Gasteiger partial charge >= 0.3 is 5.97 Å². The number of aliphatic carboxylic acids is 1. The van der Waals surface area contributed by atoms with Crippen molar-refractivity contribution in [3.8, 4) is 0 Å². The van der Waals surface area contributed by atoms with Crippen LogP contribution >= 0.6 is 0 Å². The van der Waals surface area contributed by atoms with Crippen molar-refractivity contribution in [2.45, 2.75) is 32.2 Å². The molecule has 0 saturated carbocycles. The maximum atomic E-state index is 11.6. The van der Waals surface area contributed by atoms with Gasteiger partial charge in [-0.15, -0.1) is 0 Å². The Morgan fingerprint density at radius 3 is 2.38 bits per heavy atom. The lowest BCUT2D eigenvalue weighted by Gasteiger charge is -2.18. The maximum absolute atomic E-state index is 11.6. The van der Waals surface area contributed by atoms with Crippen LogP contribution in [0, 0.1) is 0 Å². The summed E-state index contributed by atoms with van der Waals surface area (Å²) in [6.07, 6.45) is 0.343. The molecule has 0 aliphatic rings. The van der Waals surface area contributed by atoms with Gasteiger partial charge in [0.15, 0.2) is 0 Å². The molecule has 1 aromatic heterocycles. The number of carboxylic acids is 1. The molecular weight excluding hydrogens is 306 g/mol. The number of nitrogens with zero attached hydrogens (tertiary/aromatic N) is 4. The van der Waals surface area contributed by atoms with E-state index in [0.717, 1.165) is 5.56 Å². The van der Waals surface area contributed by atoms with Crippen molar-refractivity contribution >= 4 is 17.9 Å². The molecule has 7 heteroatoms. The summed E-state index contributed by atoms with van der Waals surface area (Å²) in [6.45, 7) is 3.97. The average Bonchev–Trinajstić information content (AvgIpc) is 2.54. The monoisotopic (exact) mass is 329 g/mol. The van der Waals surface area contributed by atoms with Gasteiger partial charge in [-0.05, 0) is 5.56 Å². The number of nitrogens with one attached hydrogen (secondary N) is 1. The van der Waals surface area contributed by atoms with Crippen LogP contribution in [0.3, 0.4) is 0 Å². The Balaban J connectivity index is 2.27. The van der Waals surface area contributed by atoms with E-state index >= 15 is 0 Å². The summed E-state index contributed by atoms with van der Waals surface area (Å²) < 4.78 is 0. The van der Waals surface area contributed by atoms with Crippen LogP contribution in [0.1, 0.15) is 31.2 Å². The number of aromatic nitrogens is 3. The number of carboxylic acid groups (broad SMARTS) is 1. The number of hydrogen-bond acceptors (Lipinski definition) is 6. The normalized spacial score (nSPS) is 12.0. The van der Waals surface area contributed by atoms with E-state index in [4.69, 9.17) is 0 Å². The van der Waals surface area contributed by atoms with Crippen molar-refractivity contribution < 1.29 is 9.90 Å². The van der Waals surface area contributed by atoms with Gasteiger partial charge in [0.2, 0.25) is 11.9 Å². The molecule has 128 valence electrons. The zero-order valence-corrected chi connectivity index (χ0v) is 14.4. The van der Waals surface area contributed by atoms with Crippen LogP contribution in [0.25, 0.3) is 0 Å². The van der Waals surface area contributed by atoms with Crippen LogP contribution in [-0.2, 0) is 11.2 Å². The quantitative estimate of drug-likeness (QED) is 0.804. The molecule has 0 unspecified atom stereocenters. The molecule has 0 fully saturated rings. The molecule has 0 aliphatic heterocycles. The van der Waals surface area contributed by atoms with Crippen LogP contribution in [-0.4, -0.2) is 46.2 Å². The molecule has 1 heterocycles. The average molecular weight is 329 g/mol. The summed E-state index contributed by atoms with van der Waals surface area (Å²) >= 11 is 0. The zero-order valence-electron chi connectivity index (χ0n) is 14.4. The second-order valence-corrected chi connectivity index (χ2v) is 6.09. The summed E-state index contributed by atoms with van der Waals surface area (Å²) in [5.41, 5.74) is 0.934. The minimum absolute atomic E-state index is 0.115. The van der Waals surface area contributed by atoms with E-state index in [0.29, 0.717) is 18.2 Å². The first-order valence-electron chi connectivity index (χ1n) is 7.83. The Morgan fingerprint density at radius 1 is 1.17 bits per heavy atom. The van der Waals surface area contributed by atoms with Gasteiger partial charge in [0, 0.05) is 26.4 Å². The number of rotatable bonds is 7. The second-order valence-electron chi connectivity index (χ2n) is 6.09. The minimum atomic E-state index is -0.947. The molecule has 1 atom stereocenters. The number of benzene rings is 1. The van der Waals surface area contributed by atoms with E-state index in [1.165, 1.54) is 0 Å². The lowest BCUT2D eigenvalue weighted by atomic mass is 10.1. The predicted octanol–water partition coefficient (Wildman–Crippen LogP) is 2.17. The van der Waals surface area contributed by atoms with E-state index in [2.05, 4.69) is 20.3 Å². The van der Waals surface area contributed by atoms with E-state index in [1.807, 2.05) is 58.3 Å². The van der Waals surface area contributed by atoms with Crippen LogP contribution in [0.15, 0.2) is 30.3 Å². The summed E-state index contributed by atoms with van der Waals surface area (Å²) in [6, 6.07) is 8.66. The van der Waals surface area contributed by atoms with Gasteiger partial charge in [-0.25, -0.2) is 4.79 Å². The Labute approximate surface area is 141 Å². The number of anilines is 2. The fraction of sp³-hybridized carbons (Fsp3) is 0.412. The minimum Gasteiger partial charge on any atom is -0.480 e. The molecule has 0 aliphatic carbocycles. The highest BCUT2D eigenvalue weighted by molar-refractivity contribution is 5.77. The van der Waals surface area contributed by atoms with E-state index in [-0.39, 0.29) is 11.9 Å². The van der Waals surface area contributed by atoms with Gasteiger partial charge in [-0.2, -0.15) is 15.0 Å². The zero-order chi connectivity index (χ0) is 17.7. The standard InChI is InChI=1S/C17H23N5O2/c1-11(2)14-19-16(21-17(20-14)22(3)4)18-13(15(23)24)10-12-8-6-5-7-9-12/h5-9,11,13H,10H2,1-4H3,(H,23,24)(H,18,19,20,21)/t13-/m1/s1. The van der Waals surface area contributed by atoms with Crippen molar-refractivity contribution in [2.75, 3.05) is 24.3 Å². The fourth-order valence-electron chi connectivity index (χ4n) is 2.11. The molecule has 0 amide bonds. The van der Waals surface area contributed by atoms with Crippen molar-refractivity contribution in [3.63, 3.8) is 0 Å². The lowest BCUT2D eigenvalue weighted by Crippen LogP contribution is -2.33. The molecule has 0 bridgehead atoms. The van der Waals surface area contributed by atoms with E-state index in [1.54, 1.807) is 4.90 Å². The van der Waals surface area contributed by atoms with Crippen molar-refractivity contribution in [2.24, 2.45) is 0 Å². The lowest BCUT2D eigenvalue weighted by molar-refractivity contribution is -0.137. The Bertz CT molecular complexity index is 662. The number of carbonyl (C=O) groups is 1. The van der Waals surface area contributed by atoms with Gasteiger partial charge in [-0.3, -0.25) is 0 Å². The first-order valence-corrected chi connectivity index (χ1v) is 7.83. The van der Waals surface area contributed by atoms with Crippen LogP contribution in [0.4, 0.5) is 11.9 Å². The largest absolute Gasteiger partial charge is 0.480 e. The molecule has 0 radical (unpaired) electrons. The van der Waals surface area contributed by atoms with Gasteiger partial charge in [0.1, 0.15) is 11.9 Å². The Kier molecular flexibility index (Phi) is 5.68. The highest BCUT2D eigenvalue weighted by Crippen LogP contribution is 2.16. The SMILES string of the molecule is CC(C)c1nc(N[C@H](Cc2ccccc2)C(=O)O)nc(N(C)C)n1. The summed E-state index contributed by atoms with van der Waals surface area (Å²) in [4.78, 5) is 26.4. The molecule has 24 heavy (non-hydrogen) atoms. The van der Waals surface area contributed by atoms with Gasteiger partial charge in [0.25, 0.3) is 0 Å². The van der Waals surface area contributed by atoms with Crippen molar-refractivity contribution in [1.82, 2.24) is 15.0 Å². The highest BCUT2D eigenvalue weighted by atomic mass is 16.4. The summed E-state index contributed by atoms with van der Waals surface area (Å²) in [5.74, 6) is 0.572. The summed E-state index contributed by atoms with van der Waals surface area (Å²) in [7, 11) is 3.67. The first-order chi connectivity index (χ1) is 11.4. The van der Waals surface area contributed by atoms with E-state index < -0.39 is 12.0 Å². The van der Waals surface area contributed by atoms with Crippen LogP contribution in [0.5, 0.6) is 0 Å². The second kappa shape index (κ2) is 7.72. The molecule has 7 nitrogen and oxygen atoms in total. The maximum Gasteiger partial charge on any atom is 0.326 e. The van der Waals surface area contributed by atoms with Crippen molar-refractivity contribution in [1.29, 1.82) is 0 Å². The van der Waals surface area contributed by atoms with Gasteiger partial charge in [0.05, 0.1) is 0 Å². The fourth-order valence-corrected chi connectivity index (χ4v) is 2.11. The van der Waals surface area contributed by atoms with Crippen molar-refractivity contribution in [3.05, 3.63) is 41.7 Å². The molecule has 2 N–H and O–H groups in total. The molecular formula is C17H23N5O2. The van der Waals surface area contributed by atoms with E-state index in [9.17, 15) is 9.90 Å². The third-order valence-electron chi connectivity index (χ3n) is 3.44. The Hall–Kier alpha value is -2.70. The molecule has 0 spiro atoms. The molecule has 2 aromatic rings. The smallest absolute Gasteiger partial charge is 0.326 e. The third-order valence-corrected chi connectivity index (χ3v) is 3.44. The highest BCUT2D eigenvalue weighted by Gasteiger charge is 2.20. The van der Waals surface area contributed by atoms with Gasteiger partial charge < -0.3 is 15.3 Å².